The van der Waals surface area contributed by atoms with Crippen molar-refractivity contribution in [3.8, 4) is 6.07 Å². The normalized spacial score (nSPS) is 25.8. The zero-order valence-electron chi connectivity index (χ0n) is 13.0. The minimum atomic E-state index is 0.539. The van der Waals surface area contributed by atoms with Gasteiger partial charge >= 0.3 is 0 Å². The van der Waals surface area contributed by atoms with Crippen molar-refractivity contribution in [1.29, 1.82) is 5.26 Å². The van der Waals surface area contributed by atoms with Crippen LogP contribution in [0.25, 0.3) is 10.8 Å². The van der Waals surface area contributed by atoms with Gasteiger partial charge in [0, 0.05) is 29.0 Å². The monoisotopic (exact) mass is 278 g/mol. The van der Waals surface area contributed by atoms with Crippen molar-refractivity contribution in [3.63, 3.8) is 0 Å². The highest BCUT2D eigenvalue weighted by atomic mass is 15.2. The number of rotatable bonds is 1. The Labute approximate surface area is 127 Å². The Morgan fingerprint density at radius 2 is 1.76 bits per heavy atom. The topological polar surface area (TPSA) is 27.0 Å². The van der Waals surface area contributed by atoms with Crippen molar-refractivity contribution in [3.05, 3.63) is 42.0 Å². The molecule has 2 heteroatoms. The van der Waals surface area contributed by atoms with Gasteiger partial charge in [-0.25, -0.2) is 0 Å². The van der Waals surface area contributed by atoms with Crippen molar-refractivity contribution >= 4 is 16.5 Å². The summed E-state index contributed by atoms with van der Waals surface area (Å²) in [5, 5.41) is 11.6. The van der Waals surface area contributed by atoms with Crippen LogP contribution in [-0.4, -0.2) is 12.6 Å². The lowest BCUT2D eigenvalue weighted by Gasteiger charge is -2.43. The highest BCUT2D eigenvalue weighted by Crippen LogP contribution is 2.36. The molecule has 0 amide bonds. The van der Waals surface area contributed by atoms with Crippen LogP contribution in [0.15, 0.2) is 36.4 Å². The van der Waals surface area contributed by atoms with E-state index in [4.69, 9.17) is 0 Å². The molecule has 1 heterocycles. The molecule has 2 nitrogen and oxygen atoms in total. The molecule has 3 atom stereocenters. The van der Waals surface area contributed by atoms with E-state index in [1.54, 1.807) is 0 Å². The fourth-order valence-electron chi connectivity index (χ4n) is 3.66. The van der Waals surface area contributed by atoms with Crippen LogP contribution >= 0.6 is 0 Å². The Morgan fingerprint density at radius 1 is 1.05 bits per heavy atom. The minimum Gasteiger partial charge on any atom is -0.368 e. The van der Waals surface area contributed by atoms with Gasteiger partial charge in [-0.15, -0.1) is 0 Å². The summed E-state index contributed by atoms with van der Waals surface area (Å²) in [6, 6.07) is 15.2. The van der Waals surface area contributed by atoms with E-state index < -0.39 is 0 Å². The summed E-state index contributed by atoms with van der Waals surface area (Å²) >= 11 is 0. The first kappa shape index (κ1) is 13.9. The average Bonchev–Trinajstić information content (AvgIpc) is 2.50. The summed E-state index contributed by atoms with van der Waals surface area (Å²) in [4.78, 5) is 2.53. The summed E-state index contributed by atoms with van der Waals surface area (Å²) in [5.41, 5.74) is 2.04. The third-order valence-corrected chi connectivity index (χ3v) is 4.93. The number of fused-ring (bicyclic) bond motifs is 1. The molecule has 2 aromatic carbocycles. The Hall–Kier alpha value is -2.01. The van der Waals surface area contributed by atoms with E-state index >= 15 is 0 Å². The van der Waals surface area contributed by atoms with Gasteiger partial charge in [0.15, 0.2) is 0 Å². The van der Waals surface area contributed by atoms with Gasteiger partial charge in [0.1, 0.15) is 0 Å². The number of anilines is 1. The Morgan fingerprint density at radius 3 is 2.48 bits per heavy atom. The van der Waals surface area contributed by atoms with Gasteiger partial charge < -0.3 is 4.90 Å². The first-order valence-corrected chi connectivity index (χ1v) is 7.80. The predicted molar refractivity (Wildman–Crippen MR) is 88.4 cm³/mol. The Kier molecular flexibility index (Phi) is 3.59. The van der Waals surface area contributed by atoms with Crippen LogP contribution in [0.4, 0.5) is 5.69 Å². The predicted octanol–water partition coefficient (Wildman–Crippen LogP) is 4.58. The number of nitriles is 1. The maximum Gasteiger partial charge on any atom is 0.0998 e. The van der Waals surface area contributed by atoms with E-state index in [0.717, 1.165) is 17.5 Å². The summed E-state index contributed by atoms with van der Waals surface area (Å²) in [5.74, 6) is 1.41. The van der Waals surface area contributed by atoms with Crippen LogP contribution in [0, 0.1) is 23.2 Å². The lowest BCUT2D eigenvalue weighted by atomic mass is 9.85. The molecule has 1 fully saturated rings. The summed E-state index contributed by atoms with van der Waals surface area (Å²) in [6.45, 7) is 8.10. The maximum absolute atomic E-state index is 9.31. The quantitative estimate of drug-likeness (QED) is 0.763. The molecule has 0 bridgehead atoms. The number of hydrogen-bond donors (Lipinski definition) is 0. The fourth-order valence-corrected chi connectivity index (χ4v) is 3.66. The van der Waals surface area contributed by atoms with Crippen LogP contribution in [0.5, 0.6) is 0 Å². The van der Waals surface area contributed by atoms with Crippen molar-refractivity contribution in [2.45, 2.75) is 33.2 Å². The zero-order valence-corrected chi connectivity index (χ0v) is 13.0. The molecular weight excluding hydrogens is 256 g/mol. The van der Waals surface area contributed by atoms with Crippen LogP contribution < -0.4 is 4.90 Å². The summed E-state index contributed by atoms with van der Waals surface area (Å²) < 4.78 is 0. The van der Waals surface area contributed by atoms with Crippen molar-refractivity contribution < 1.29 is 0 Å². The molecule has 3 unspecified atom stereocenters. The summed E-state index contributed by atoms with van der Waals surface area (Å²) in [7, 11) is 0. The van der Waals surface area contributed by atoms with E-state index in [0.29, 0.717) is 17.9 Å². The number of benzene rings is 2. The van der Waals surface area contributed by atoms with Crippen LogP contribution in [0.3, 0.4) is 0 Å². The second-order valence-electron chi connectivity index (χ2n) is 6.50. The molecule has 1 aliphatic rings. The number of hydrogen-bond acceptors (Lipinski definition) is 2. The fraction of sp³-hybridized carbons (Fsp3) is 0.421. The van der Waals surface area contributed by atoms with E-state index in [1.807, 2.05) is 12.1 Å². The molecule has 0 spiro atoms. The third kappa shape index (κ3) is 2.38. The van der Waals surface area contributed by atoms with E-state index in [1.165, 1.54) is 17.5 Å². The number of nitrogens with zero attached hydrogens (tertiary/aromatic N) is 2. The standard InChI is InChI=1S/C19H22N2/c1-13-10-14(2)15(3)21(12-13)19-9-8-16(11-20)17-6-4-5-7-18(17)19/h4-9,13-15H,10,12H2,1-3H3. The van der Waals surface area contributed by atoms with E-state index in [-0.39, 0.29) is 0 Å². The molecule has 0 saturated carbocycles. The van der Waals surface area contributed by atoms with Crippen LogP contribution in [-0.2, 0) is 0 Å². The molecule has 2 aromatic rings. The lowest BCUT2D eigenvalue weighted by Crippen LogP contribution is -2.45. The van der Waals surface area contributed by atoms with Crippen LogP contribution in [0.1, 0.15) is 32.8 Å². The lowest BCUT2D eigenvalue weighted by molar-refractivity contribution is 0.297. The Bertz CT molecular complexity index is 698. The van der Waals surface area contributed by atoms with Crippen molar-refractivity contribution in [2.24, 2.45) is 11.8 Å². The van der Waals surface area contributed by atoms with Crippen LogP contribution in [0.2, 0.25) is 0 Å². The highest BCUT2D eigenvalue weighted by Gasteiger charge is 2.29. The molecule has 21 heavy (non-hydrogen) atoms. The largest absolute Gasteiger partial charge is 0.368 e. The smallest absolute Gasteiger partial charge is 0.0998 e. The molecule has 108 valence electrons. The first-order chi connectivity index (χ1) is 10.1. The average molecular weight is 278 g/mol. The van der Waals surface area contributed by atoms with Gasteiger partial charge in [0.25, 0.3) is 0 Å². The van der Waals surface area contributed by atoms with E-state index in [9.17, 15) is 5.26 Å². The van der Waals surface area contributed by atoms with Gasteiger partial charge in [-0.2, -0.15) is 5.26 Å². The van der Waals surface area contributed by atoms with Gasteiger partial charge in [0.05, 0.1) is 11.6 Å². The second-order valence-corrected chi connectivity index (χ2v) is 6.50. The molecule has 0 radical (unpaired) electrons. The minimum absolute atomic E-state index is 0.539. The van der Waals surface area contributed by atoms with Gasteiger partial charge in [-0.05, 0) is 37.3 Å². The molecule has 3 rings (SSSR count). The molecule has 0 aliphatic carbocycles. The van der Waals surface area contributed by atoms with Crippen molar-refractivity contribution in [1.82, 2.24) is 0 Å². The first-order valence-electron chi connectivity index (χ1n) is 7.80. The molecule has 0 aromatic heterocycles. The molecule has 1 aliphatic heterocycles. The number of piperidine rings is 1. The molecule has 0 N–H and O–H groups in total. The Balaban J connectivity index is 2.15. The second kappa shape index (κ2) is 5.41. The summed E-state index contributed by atoms with van der Waals surface area (Å²) in [6.07, 6.45) is 1.30. The third-order valence-electron chi connectivity index (χ3n) is 4.93. The molecule has 1 saturated heterocycles. The van der Waals surface area contributed by atoms with Crippen molar-refractivity contribution in [2.75, 3.05) is 11.4 Å². The highest BCUT2D eigenvalue weighted by molar-refractivity contribution is 5.98. The molecular formula is C19H22N2. The van der Waals surface area contributed by atoms with Gasteiger partial charge in [0.2, 0.25) is 0 Å². The SMILES string of the molecule is CC1CC(C)C(C)N(c2ccc(C#N)c3ccccc23)C1. The zero-order chi connectivity index (χ0) is 15.0. The maximum atomic E-state index is 9.31. The van der Waals surface area contributed by atoms with Gasteiger partial charge in [-0.1, -0.05) is 38.1 Å². The van der Waals surface area contributed by atoms with Gasteiger partial charge in [-0.3, -0.25) is 0 Å². The van der Waals surface area contributed by atoms with E-state index in [2.05, 4.69) is 56.0 Å².